The van der Waals surface area contributed by atoms with Gasteiger partial charge in [0, 0.05) is 22.9 Å². The summed E-state index contributed by atoms with van der Waals surface area (Å²) in [5.74, 6) is 2.04. The fourth-order valence-corrected chi connectivity index (χ4v) is 2.87. The van der Waals surface area contributed by atoms with Gasteiger partial charge in [-0.15, -0.1) is 11.3 Å². The molecule has 0 aliphatic rings. The molecule has 1 aromatic rings. The average molecular weight is 230 g/mol. The Bertz CT molecular complexity index is 260. The predicted molar refractivity (Wildman–Crippen MR) is 65.9 cm³/mol. The molecule has 14 heavy (non-hydrogen) atoms. The number of rotatable bonds is 6. The van der Waals surface area contributed by atoms with Gasteiger partial charge in [0.15, 0.2) is 0 Å². The van der Waals surface area contributed by atoms with Crippen molar-refractivity contribution in [1.29, 1.82) is 0 Å². The molecule has 1 heterocycles. The normalized spacial score (nSPS) is 13.1. The van der Waals surface area contributed by atoms with Gasteiger partial charge >= 0.3 is 0 Å². The van der Waals surface area contributed by atoms with Crippen molar-refractivity contribution in [3.05, 3.63) is 16.1 Å². The molecule has 0 aliphatic heterocycles. The van der Waals surface area contributed by atoms with E-state index in [9.17, 15) is 0 Å². The third kappa shape index (κ3) is 3.98. The molecule has 0 saturated heterocycles. The first-order valence-corrected chi connectivity index (χ1v) is 7.06. The van der Waals surface area contributed by atoms with Crippen LogP contribution in [-0.2, 0) is 12.2 Å². The molecule has 80 valence electrons. The minimum Gasteiger partial charge on any atom is -0.327 e. The van der Waals surface area contributed by atoms with E-state index in [-0.39, 0.29) is 0 Å². The summed E-state index contributed by atoms with van der Waals surface area (Å²) < 4.78 is 0. The minimum atomic E-state index is 0.337. The highest BCUT2D eigenvalue weighted by atomic mass is 32.2. The van der Waals surface area contributed by atoms with Crippen LogP contribution in [0.2, 0.25) is 0 Å². The molecular formula is C10H18N2S2. The summed E-state index contributed by atoms with van der Waals surface area (Å²) in [7, 11) is 0. The van der Waals surface area contributed by atoms with Crippen molar-refractivity contribution >= 4 is 23.1 Å². The molecule has 0 saturated carbocycles. The van der Waals surface area contributed by atoms with Crippen LogP contribution >= 0.6 is 23.1 Å². The third-order valence-corrected chi connectivity index (χ3v) is 4.21. The summed E-state index contributed by atoms with van der Waals surface area (Å²) in [5.41, 5.74) is 7.04. The molecule has 0 fully saturated rings. The van der Waals surface area contributed by atoms with Crippen molar-refractivity contribution in [3.63, 3.8) is 0 Å². The molecule has 0 bridgehead atoms. The molecule has 1 rings (SSSR count). The molecule has 1 aromatic heterocycles. The van der Waals surface area contributed by atoms with Crippen LogP contribution in [0.1, 0.15) is 31.0 Å². The molecule has 0 aromatic carbocycles. The second kappa shape index (κ2) is 6.43. The van der Waals surface area contributed by atoms with Crippen LogP contribution in [0.4, 0.5) is 0 Å². The van der Waals surface area contributed by atoms with Crippen LogP contribution in [0.15, 0.2) is 5.38 Å². The number of thiazole rings is 1. The van der Waals surface area contributed by atoms with Gasteiger partial charge < -0.3 is 5.73 Å². The van der Waals surface area contributed by atoms with Crippen molar-refractivity contribution in [2.45, 2.75) is 38.5 Å². The van der Waals surface area contributed by atoms with Crippen molar-refractivity contribution in [1.82, 2.24) is 4.98 Å². The van der Waals surface area contributed by atoms with Crippen molar-refractivity contribution in [3.8, 4) is 0 Å². The van der Waals surface area contributed by atoms with Gasteiger partial charge in [-0.05, 0) is 12.8 Å². The van der Waals surface area contributed by atoms with E-state index in [1.807, 2.05) is 11.8 Å². The van der Waals surface area contributed by atoms with Crippen LogP contribution in [-0.4, -0.2) is 16.8 Å². The molecule has 0 radical (unpaired) electrons. The van der Waals surface area contributed by atoms with Crippen molar-refractivity contribution in [2.24, 2.45) is 5.73 Å². The standard InChI is InChI=1S/C10H18N2S2/c1-3-8(11)5-13-6-9-7-14-10(4-2)12-9/h7-8H,3-6,11H2,1-2H3. The number of thioether (sulfide) groups is 1. The Balaban J connectivity index is 2.24. The molecule has 4 heteroatoms. The van der Waals surface area contributed by atoms with Gasteiger partial charge in [0.1, 0.15) is 0 Å². The molecule has 1 unspecified atom stereocenters. The van der Waals surface area contributed by atoms with E-state index in [0.717, 1.165) is 24.3 Å². The van der Waals surface area contributed by atoms with Gasteiger partial charge in [-0.2, -0.15) is 11.8 Å². The summed E-state index contributed by atoms with van der Waals surface area (Å²) in [5, 5.41) is 3.39. The zero-order valence-electron chi connectivity index (χ0n) is 8.82. The Morgan fingerprint density at radius 3 is 2.93 bits per heavy atom. The minimum absolute atomic E-state index is 0.337. The van der Waals surface area contributed by atoms with E-state index in [1.54, 1.807) is 11.3 Å². The fourth-order valence-electron chi connectivity index (χ4n) is 1.01. The lowest BCUT2D eigenvalue weighted by Gasteiger charge is -2.06. The van der Waals surface area contributed by atoms with Crippen LogP contribution in [0.3, 0.4) is 0 Å². The quantitative estimate of drug-likeness (QED) is 0.816. The van der Waals surface area contributed by atoms with Gasteiger partial charge in [-0.1, -0.05) is 13.8 Å². The highest BCUT2D eigenvalue weighted by molar-refractivity contribution is 7.98. The molecular weight excluding hydrogens is 212 g/mol. The second-order valence-electron chi connectivity index (χ2n) is 3.27. The largest absolute Gasteiger partial charge is 0.327 e. The smallest absolute Gasteiger partial charge is 0.0925 e. The van der Waals surface area contributed by atoms with Gasteiger partial charge in [0.05, 0.1) is 10.7 Å². The average Bonchev–Trinajstić information content (AvgIpc) is 2.65. The van der Waals surface area contributed by atoms with E-state index < -0.39 is 0 Å². The van der Waals surface area contributed by atoms with E-state index in [1.165, 1.54) is 10.7 Å². The first-order valence-electron chi connectivity index (χ1n) is 5.02. The molecule has 1 atom stereocenters. The van der Waals surface area contributed by atoms with Crippen LogP contribution < -0.4 is 5.73 Å². The Kier molecular flexibility index (Phi) is 5.52. The Morgan fingerprint density at radius 1 is 1.57 bits per heavy atom. The molecule has 0 aliphatic carbocycles. The number of nitrogens with zero attached hydrogens (tertiary/aromatic N) is 1. The second-order valence-corrected chi connectivity index (χ2v) is 5.24. The first kappa shape index (κ1) is 12.0. The van der Waals surface area contributed by atoms with Gasteiger partial charge in [-0.25, -0.2) is 4.98 Å². The van der Waals surface area contributed by atoms with E-state index in [0.29, 0.717) is 6.04 Å². The summed E-state index contributed by atoms with van der Waals surface area (Å²) in [6.07, 6.45) is 2.11. The topological polar surface area (TPSA) is 38.9 Å². The maximum absolute atomic E-state index is 5.83. The van der Waals surface area contributed by atoms with Gasteiger partial charge in [0.25, 0.3) is 0 Å². The third-order valence-electron chi connectivity index (χ3n) is 2.01. The lowest BCUT2D eigenvalue weighted by molar-refractivity contribution is 0.724. The molecule has 0 spiro atoms. The monoisotopic (exact) mass is 230 g/mol. The summed E-state index contributed by atoms with van der Waals surface area (Å²) in [4.78, 5) is 4.51. The highest BCUT2D eigenvalue weighted by Gasteiger charge is 2.02. The van der Waals surface area contributed by atoms with Crippen LogP contribution in [0.25, 0.3) is 0 Å². The molecule has 0 amide bonds. The van der Waals surface area contributed by atoms with Crippen LogP contribution in [0, 0.1) is 0 Å². The summed E-state index contributed by atoms with van der Waals surface area (Å²) in [6, 6.07) is 0.337. The molecule has 2 nitrogen and oxygen atoms in total. The van der Waals surface area contributed by atoms with E-state index >= 15 is 0 Å². The zero-order chi connectivity index (χ0) is 10.4. The number of nitrogens with two attached hydrogens (primary N) is 1. The first-order chi connectivity index (χ1) is 6.76. The Labute approximate surface area is 94.3 Å². The number of aromatic nitrogens is 1. The van der Waals surface area contributed by atoms with E-state index in [4.69, 9.17) is 5.73 Å². The maximum atomic E-state index is 5.83. The van der Waals surface area contributed by atoms with Gasteiger partial charge in [-0.3, -0.25) is 0 Å². The lowest BCUT2D eigenvalue weighted by atomic mass is 10.3. The van der Waals surface area contributed by atoms with Gasteiger partial charge in [0.2, 0.25) is 0 Å². The summed E-state index contributed by atoms with van der Waals surface area (Å²) >= 11 is 3.64. The zero-order valence-corrected chi connectivity index (χ0v) is 10.5. The number of aryl methyl sites for hydroxylation is 1. The van der Waals surface area contributed by atoms with Crippen molar-refractivity contribution < 1.29 is 0 Å². The number of hydrogen-bond donors (Lipinski definition) is 1. The maximum Gasteiger partial charge on any atom is 0.0925 e. The SMILES string of the molecule is CCc1nc(CSCC(N)CC)cs1. The Hall–Kier alpha value is -0.0600. The summed E-state index contributed by atoms with van der Waals surface area (Å²) in [6.45, 7) is 4.27. The Morgan fingerprint density at radius 2 is 2.36 bits per heavy atom. The van der Waals surface area contributed by atoms with E-state index in [2.05, 4.69) is 24.2 Å². The molecule has 2 N–H and O–H groups in total. The van der Waals surface area contributed by atoms with Crippen molar-refractivity contribution in [2.75, 3.05) is 5.75 Å². The predicted octanol–water partition coefficient (Wildman–Crippen LogP) is 2.68. The number of hydrogen-bond acceptors (Lipinski definition) is 4. The fraction of sp³-hybridized carbons (Fsp3) is 0.700. The lowest BCUT2D eigenvalue weighted by Crippen LogP contribution is -2.21. The van der Waals surface area contributed by atoms with Crippen LogP contribution in [0.5, 0.6) is 0 Å². The highest BCUT2D eigenvalue weighted by Crippen LogP contribution is 2.16.